The number of hydrogen-bond donors (Lipinski definition) is 2. The van der Waals surface area contributed by atoms with Gasteiger partial charge in [-0.25, -0.2) is 13.4 Å². The summed E-state index contributed by atoms with van der Waals surface area (Å²) in [7, 11) is 1.77. The predicted octanol–water partition coefficient (Wildman–Crippen LogP) is 3.53. The summed E-state index contributed by atoms with van der Waals surface area (Å²) >= 11 is 0. The molecule has 4 heterocycles. The molecule has 4 aromatic rings. The van der Waals surface area contributed by atoms with Crippen LogP contribution in [0, 0.1) is 0 Å². The number of anilines is 6. The summed E-state index contributed by atoms with van der Waals surface area (Å²) < 4.78 is 32.0. The van der Waals surface area contributed by atoms with Crippen LogP contribution >= 0.6 is 0 Å². The third-order valence-electron chi connectivity index (χ3n) is 8.66. The topological polar surface area (TPSA) is 132 Å². The van der Waals surface area contributed by atoms with Crippen LogP contribution in [0.25, 0.3) is 11.0 Å². The maximum Gasteiger partial charge on any atom is 0.232 e. The van der Waals surface area contributed by atoms with E-state index in [4.69, 9.17) is 4.74 Å². The second-order valence-corrected chi connectivity index (χ2v) is 13.6. The van der Waals surface area contributed by atoms with Gasteiger partial charge in [0, 0.05) is 82.7 Å². The molecule has 13 nitrogen and oxygen atoms in total. The highest BCUT2D eigenvalue weighted by Crippen LogP contribution is 2.36. The van der Waals surface area contributed by atoms with Crippen LogP contribution in [0.5, 0.6) is 5.75 Å². The molecule has 0 bridgehead atoms. The highest BCUT2D eigenvalue weighted by molar-refractivity contribution is 7.92. The van der Waals surface area contributed by atoms with E-state index in [0.717, 1.165) is 69.7 Å². The first-order chi connectivity index (χ1) is 21.7. The Morgan fingerprint density at radius 1 is 0.889 bits per heavy atom. The van der Waals surface area contributed by atoms with Crippen molar-refractivity contribution in [1.82, 2.24) is 29.7 Å². The van der Waals surface area contributed by atoms with E-state index >= 15 is 0 Å². The lowest BCUT2D eigenvalue weighted by Gasteiger charge is -2.42. The number of nitrogens with one attached hydrogen (secondary N) is 2. The van der Waals surface area contributed by atoms with E-state index in [1.165, 1.54) is 17.5 Å². The molecule has 0 unspecified atom stereocenters. The molecule has 0 aliphatic carbocycles. The Balaban J connectivity index is 1.17. The average molecular weight is 633 g/mol. The fourth-order valence-corrected chi connectivity index (χ4v) is 6.53. The third-order valence-corrected chi connectivity index (χ3v) is 9.84. The molecule has 0 radical (unpaired) electrons. The molecule has 238 valence electrons. The third kappa shape index (κ3) is 6.87. The van der Waals surface area contributed by atoms with Crippen LogP contribution in [0.3, 0.4) is 0 Å². The maximum atomic E-state index is 12.5. The van der Waals surface area contributed by atoms with Crippen LogP contribution < -0.4 is 24.6 Å². The zero-order chi connectivity index (χ0) is 31.6. The molecule has 2 saturated heterocycles. The first kappa shape index (κ1) is 30.7. The van der Waals surface area contributed by atoms with Crippen molar-refractivity contribution >= 4 is 55.6 Å². The molecule has 6 rings (SSSR count). The molecule has 2 aliphatic rings. The van der Waals surface area contributed by atoms with Crippen molar-refractivity contribution in [1.29, 1.82) is 0 Å². The number of sulfonamides is 1. The minimum Gasteiger partial charge on any atom is -0.494 e. The van der Waals surface area contributed by atoms with E-state index in [0.29, 0.717) is 46.0 Å². The van der Waals surface area contributed by atoms with Gasteiger partial charge in [0.05, 0.1) is 30.3 Å². The van der Waals surface area contributed by atoms with Crippen LogP contribution in [0.2, 0.25) is 0 Å². The summed E-state index contributed by atoms with van der Waals surface area (Å²) in [6, 6.07) is 12.1. The maximum absolute atomic E-state index is 12.5. The molecule has 2 N–H and O–H groups in total. The average Bonchev–Trinajstić information content (AvgIpc) is 3.05. The van der Waals surface area contributed by atoms with E-state index < -0.39 is 10.0 Å². The van der Waals surface area contributed by atoms with Gasteiger partial charge in [-0.3, -0.25) is 19.2 Å². The number of piperazine rings is 1. The Labute approximate surface area is 264 Å². The van der Waals surface area contributed by atoms with Gasteiger partial charge in [0.15, 0.2) is 0 Å². The van der Waals surface area contributed by atoms with Crippen LogP contribution in [-0.2, 0) is 10.0 Å². The second kappa shape index (κ2) is 13.0. The number of methoxy groups -OCH3 is 1. The summed E-state index contributed by atoms with van der Waals surface area (Å²) in [5, 5.41) is 6.52. The highest BCUT2D eigenvalue weighted by Gasteiger charge is 2.27. The molecule has 0 spiro atoms. The van der Waals surface area contributed by atoms with E-state index in [9.17, 15) is 8.42 Å². The van der Waals surface area contributed by atoms with Crippen molar-refractivity contribution in [3.05, 3.63) is 55.0 Å². The number of nitrogens with zero attached hydrogens (tertiary/aromatic N) is 8. The van der Waals surface area contributed by atoms with Crippen molar-refractivity contribution < 1.29 is 13.2 Å². The SMILES string of the molecule is COc1cc(N2CCC(N3CCN(C)CC3)CC2)ccc1Nc1nccc(Nc2ccc3nccnc3c2N(C)S(C)(=O)=O)n1. The molecule has 2 aromatic heterocycles. The van der Waals surface area contributed by atoms with E-state index in [1.54, 1.807) is 37.7 Å². The first-order valence-corrected chi connectivity index (χ1v) is 16.9. The Morgan fingerprint density at radius 3 is 2.36 bits per heavy atom. The van der Waals surface area contributed by atoms with Crippen molar-refractivity contribution in [2.24, 2.45) is 0 Å². The van der Waals surface area contributed by atoms with Crippen molar-refractivity contribution in [3.8, 4) is 5.75 Å². The summed E-state index contributed by atoms with van der Waals surface area (Å²) in [5.41, 5.74) is 3.79. The lowest BCUT2D eigenvalue weighted by molar-refractivity contribution is 0.0982. The lowest BCUT2D eigenvalue weighted by Crippen LogP contribution is -2.52. The first-order valence-electron chi connectivity index (χ1n) is 15.1. The Morgan fingerprint density at radius 2 is 1.62 bits per heavy atom. The fraction of sp³-hybridized carbons (Fsp3) is 0.419. The second-order valence-electron chi connectivity index (χ2n) is 11.6. The minimum atomic E-state index is -3.58. The van der Waals surface area contributed by atoms with Gasteiger partial charge in [0.1, 0.15) is 22.8 Å². The number of rotatable bonds is 9. The number of ether oxygens (including phenoxy) is 1. The standard InChI is InChI=1S/C31H40N10O3S/c1-38-17-19-41(20-18-38)22-10-15-40(16-11-22)23-5-6-24(27(21-23)44-3)36-31-34-12-9-28(37-31)35-26-8-7-25-29(33-14-13-32-25)30(26)39(2)45(4,42)43/h5-9,12-14,21-22H,10-11,15-20H2,1-4H3,(H2,34,35,36,37). The lowest BCUT2D eigenvalue weighted by atomic mass is 10.0. The van der Waals surface area contributed by atoms with Crippen LogP contribution in [0.15, 0.2) is 55.0 Å². The van der Waals surface area contributed by atoms with Gasteiger partial charge in [-0.15, -0.1) is 0 Å². The molecule has 0 amide bonds. The van der Waals surface area contributed by atoms with Crippen molar-refractivity contribution in [2.45, 2.75) is 18.9 Å². The monoisotopic (exact) mass is 632 g/mol. The van der Waals surface area contributed by atoms with Crippen molar-refractivity contribution in [3.63, 3.8) is 0 Å². The largest absolute Gasteiger partial charge is 0.494 e. The van der Waals surface area contributed by atoms with Gasteiger partial charge in [0.2, 0.25) is 16.0 Å². The Hall–Kier alpha value is -4.27. The summed E-state index contributed by atoms with van der Waals surface area (Å²) in [4.78, 5) is 25.3. The number of benzene rings is 2. The van der Waals surface area contributed by atoms with Crippen molar-refractivity contribution in [2.75, 3.05) is 86.6 Å². The van der Waals surface area contributed by atoms with Crippen LogP contribution in [0.1, 0.15) is 12.8 Å². The highest BCUT2D eigenvalue weighted by atomic mass is 32.2. The van der Waals surface area contributed by atoms with E-state index in [2.05, 4.69) is 64.4 Å². The van der Waals surface area contributed by atoms with Gasteiger partial charge < -0.3 is 25.2 Å². The quantitative estimate of drug-likeness (QED) is 0.280. The molecule has 2 aromatic carbocycles. The summed E-state index contributed by atoms with van der Waals surface area (Å²) in [6.45, 7) is 6.64. The van der Waals surface area contributed by atoms with Gasteiger partial charge >= 0.3 is 0 Å². The normalized spacial score (nSPS) is 16.9. The Kier molecular flexibility index (Phi) is 8.88. The zero-order valence-electron chi connectivity index (χ0n) is 26.1. The van der Waals surface area contributed by atoms with Gasteiger partial charge in [-0.1, -0.05) is 0 Å². The Bertz CT molecular complexity index is 1760. The van der Waals surface area contributed by atoms with Gasteiger partial charge in [0.25, 0.3) is 0 Å². The minimum absolute atomic E-state index is 0.359. The molecule has 0 atom stereocenters. The molecular weight excluding hydrogens is 592 g/mol. The number of piperidine rings is 1. The number of aromatic nitrogens is 4. The molecular formula is C31H40N10O3S. The van der Waals surface area contributed by atoms with Crippen LogP contribution in [-0.4, -0.2) is 111 Å². The van der Waals surface area contributed by atoms with Gasteiger partial charge in [-0.2, -0.15) is 4.98 Å². The molecule has 2 fully saturated rings. The zero-order valence-corrected chi connectivity index (χ0v) is 27.0. The molecule has 0 saturated carbocycles. The summed E-state index contributed by atoms with van der Waals surface area (Å²) in [5.74, 6) is 1.52. The van der Waals surface area contributed by atoms with E-state index in [-0.39, 0.29) is 0 Å². The molecule has 14 heteroatoms. The van der Waals surface area contributed by atoms with Crippen LogP contribution in [0.4, 0.5) is 34.5 Å². The molecule has 2 aliphatic heterocycles. The van der Waals surface area contributed by atoms with Gasteiger partial charge in [-0.05, 0) is 50.2 Å². The summed E-state index contributed by atoms with van der Waals surface area (Å²) in [6.07, 6.45) is 8.20. The van der Waals surface area contributed by atoms with E-state index in [1.807, 2.05) is 6.07 Å². The molecule has 45 heavy (non-hydrogen) atoms. The number of hydrogen-bond acceptors (Lipinski definition) is 12. The predicted molar refractivity (Wildman–Crippen MR) is 179 cm³/mol. The number of likely N-dealkylation sites (N-methyl/N-ethyl adjacent to an activating group) is 1. The smallest absolute Gasteiger partial charge is 0.232 e. The number of fused-ring (bicyclic) bond motifs is 1. The fourth-order valence-electron chi connectivity index (χ4n) is 6.01.